The van der Waals surface area contributed by atoms with E-state index in [1.54, 1.807) is 51.1 Å². The first kappa shape index (κ1) is 63.3. The lowest BCUT2D eigenvalue weighted by Gasteiger charge is -2.36. The van der Waals surface area contributed by atoms with Crippen molar-refractivity contribution in [1.29, 1.82) is 0 Å². The predicted octanol–water partition coefficient (Wildman–Crippen LogP) is 5.82. The molecular formula is C59H91N5O12. The summed E-state index contributed by atoms with van der Waals surface area (Å²) in [4.78, 5) is 81.4. The Bertz CT molecular complexity index is 2190. The molecule has 1 aromatic rings. The standard InChI is InChI=1S/C59H91N5O12/c1-10-43-28-30-46(60-55(43)71)40(8)53(69)38(6)26-31-49(67)36(4)19-13-11-14-20-37(5)51-25-16-12-15-24-50(68)41(9)54(70)45(29-27-39(7)65)56(72)62-52(35(2)3)57(73)61-48(34-42-21-17-22-44(66)33-42)58(74)64-32-18-23-47(63-64)59(75)76-51/h11-12,14-17,20-22,24,33,35-36,38,40-41,43,45-54,63,66-70H,10,13,18-19,23,25-32,34H2,1-9H3,(H,60,71)(H,61,73)(H,62,72)/b14-11+,16-12+,24-15+,37-20+/t36-,38-,40+,41-,43+,45+,46-,47-,48-,49-,50+,51?,52?,53-,54+/m0/s1. The molecule has 2 fully saturated rings. The average Bonchev–Trinajstić information content (AvgIpc) is 3.39. The number of hydrogen-bond donors (Lipinski definition) is 9. The first-order chi connectivity index (χ1) is 36.0. The number of ether oxygens (including phenoxy) is 1. The number of carbonyl (C=O) groups excluding carboxylic acids is 6. The number of fused-ring (bicyclic) bond motifs is 2. The number of piperidine rings is 1. The molecule has 17 heteroatoms. The number of aliphatic hydroxyl groups excluding tert-OH is 4. The van der Waals surface area contributed by atoms with E-state index in [2.05, 4.69) is 21.4 Å². The third-order valence-electron chi connectivity index (χ3n) is 15.9. The van der Waals surface area contributed by atoms with E-state index in [-0.39, 0.29) is 79.4 Å². The minimum absolute atomic E-state index is 0.00844. The SMILES string of the molecule is CC[C@@H]1CC[C@@H]([C@@H](C)[C@@H](O)[C@@H](C)CC[C@H](O)[C@@H](C)CC/C=C/C=C(\C)C2C/C=C/C=C/[C@@H](O)[C@H](C)[C@@H](O)[C@@H](CCC(C)=O)C(=O)NC(C(C)C)C(=O)N[C@@H](Cc3cccc(O)c3)C(=O)N3CCC[C@H](N3)C(=O)O2)NC1=O. The molecule has 4 rings (SSSR count). The van der Waals surface area contributed by atoms with Gasteiger partial charge in [-0.15, -0.1) is 0 Å². The lowest BCUT2D eigenvalue weighted by molar-refractivity contribution is -0.156. The van der Waals surface area contributed by atoms with Crippen LogP contribution in [0.4, 0.5) is 0 Å². The number of aliphatic hydroxyl groups is 4. The molecule has 0 radical (unpaired) electrons. The van der Waals surface area contributed by atoms with Gasteiger partial charge < -0.3 is 51.0 Å². The van der Waals surface area contributed by atoms with E-state index in [9.17, 15) is 54.3 Å². The third kappa shape index (κ3) is 19.4. The van der Waals surface area contributed by atoms with Gasteiger partial charge in [-0.1, -0.05) is 103 Å². The number of carbonyl (C=O) groups is 6. The highest BCUT2D eigenvalue weighted by atomic mass is 16.5. The van der Waals surface area contributed by atoms with Crippen molar-refractivity contribution in [3.63, 3.8) is 0 Å². The van der Waals surface area contributed by atoms with Gasteiger partial charge in [-0.2, -0.15) is 0 Å². The van der Waals surface area contributed by atoms with Crippen LogP contribution < -0.4 is 21.4 Å². The van der Waals surface area contributed by atoms with Crippen molar-refractivity contribution in [1.82, 2.24) is 26.4 Å². The number of cyclic esters (lactones) is 1. The van der Waals surface area contributed by atoms with Crippen LogP contribution in [0.3, 0.4) is 0 Å². The molecule has 1 aromatic carbocycles. The molecule has 76 heavy (non-hydrogen) atoms. The van der Waals surface area contributed by atoms with Gasteiger partial charge in [0.25, 0.3) is 5.91 Å². The summed E-state index contributed by atoms with van der Waals surface area (Å²) in [5.41, 5.74) is 4.31. The van der Waals surface area contributed by atoms with Crippen molar-refractivity contribution in [2.24, 2.45) is 41.4 Å². The van der Waals surface area contributed by atoms with Crippen molar-refractivity contribution in [3.8, 4) is 5.75 Å². The van der Waals surface area contributed by atoms with Gasteiger partial charge >= 0.3 is 5.97 Å². The number of aromatic hydroxyl groups is 1. The van der Waals surface area contributed by atoms with Gasteiger partial charge in [0.05, 0.1) is 30.3 Å². The quantitative estimate of drug-likeness (QED) is 0.0585. The fraction of sp³-hybridized carbons (Fsp3) is 0.661. The molecule has 2 bridgehead atoms. The molecule has 15 atom stereocenters. The number of benzene rings is 1. The highest BCUT2D eigenvalue weighted by Crippen LogP contribution is 2.30. The summed E-state index contributed by atoms with van der Waals surface area (Å²) >= 11 is 0. The van der Waals surface area contributed by atoms with E-state index in [0.29, 0.717) is 44.1 Å². The van der Waals surface area contributed by atoms with Crippen LogP contribution in [0.2, 0.25) is 0 Å². The van der Waals surface area contributed by atoms with E-state index < -0.39 is 90.1 Å². The van der Waals surface area contributed by atoms with Crippen molar-refractivity contribution < 1.29 is 59.0 Å². The fourth-order valence-corrected chi connectivity index (χ4v) is 10.3. The predicted molar refractivity (Wildman–Crippen MR) is 292 cm³/mol. The van der Waals surface area contributed by atoms with Crippen LogP contribution in [-0.2, 0) is 39.9 Å². The molecular weight excluding hydrogens is 971 g/mol. The second kappa shape index (κ2) is 31.3. The summed E-state index contributed by atoms with van der Waals surface area (Å²) in [6, 6.07) is 2.88. The number of allylic oxidation sites excluding steroid dienone is 5. The normalized spacial score (nSPS) is 29.9. The van der Waals surface area contributed by atoms with Gasteiger partial charge in [0.2, 0.25) is 17.7 Å². The molecule has 2 saturated heterocycles. The number of esters is 1. The van der Waals surface area contributed by atoms with Crippen molar-refractivity contribution in [2.75, 3.05) is 6.54 Å². The van der Waals surface area contributed by atoms with Gasteiger partial charge in [0.1, 0.15) is 35.8 Å². The molecule has 9 N–H and O–H groups in total. The molecule has 0 saturated carbocycles. The molecule has 0 spiro atoms. The van der Waals surface area contributed by atoms with Crippen LogP contribution >= 0.6 is 0 Å². The van der Waals surface area contributed by atoms with E-state index >= 15 is 0 Å². The number of phenolic OH excluding ortho intramolecular Hbond substituents is 1. The Labute approximate surface area is 451 Å². The molecule has 2 unspecified atom stereocenters. The summed E-state index contributed by atoms with van der Waals surface area (Å²) < 4.78 is 6.17. The van der Waals surface area contributed by atoms with Crippen LogP contribution in [0.15, 0.2) is 72.4 Å². The van der Waals surface area contributed by atoms with Crippen LogP contribution in [0.1, 0.15) is 145 Å². The molecule has 0 aliphatic carbocycles. The van der Waals surface area contributed by atoms with Gasteiger partial charge in [0.15, 0.2) is 0 Å². The van der Waals surface area contributed by atoms with Crippen LogP contribution in [-0.4, -0.2) is 127 Å². The maximum absolute atomic E-state index is 14.5. The van der Waals surface area contributed by atoms with E-state index in [4.69, 9.17) is 4.74 Å². The number of hydrogen-bond acceptors (Lipinski definition) is 13. The number of nitrogens with zero attached hydrogens (tertiary/aromatic N) is 1. The highest BCUT2D eigenvalue weighted by molar-refractivity contribution is 5.93. The number of phenols is 1. The third-order valence-corrected chi connectivity index (χ3v) is 15.9. The monoisotopic (exact) mass is 1060 g/mol. The largest absolute Gasteiger partial charge is 0.508 e. The fourth-order valence-electron chi connectivity index (χ4n) is 10.3. The number of amides is 4. The molecule has 3 aliphatic rings. The molecule has 3 aliphatic heterocycles. The lowest BCUT2D eigenvalue weighted by Crippen LogP contribution is -2.62. The minimum Gasteiger partial charge on any atom is -0.508 e. The molecule has 3 heterocycles. The summed E-state index contributed by atoms with van der Waals surface area (Å²) in [6.45, 7) is 16.4. The van der Waals surface area contributed by atoms with E-state index in [1.807, 2.05) is 52.8 Å². The highest BCUT2D eigenvalue weighted by Gasteiger charge is 2.39. The minimum atomic E-state index is -1.43. The Morgan fingerprint density at radius 1 is 0.895 bits per heavy atom. The van der Waals surface area contributed by atoms with Crippen LogP contribution in [0.5, 0.6) is 5.75 Å². The Balaban J connectivity index is 1.52. The van der Waals surface area contributed by atoms with E-state index in [0.717, 1.165) is 24.8 Å². The summed E-state index contributed by atoms with van der Waals surface area (Å²) in [5.74, 6) is -5.41. The lowest BCUT2D eigenvalue weighted by atomic mass is 9.80. The smallest absolute Gasteiger partial charge is 0.325 e. The summed E-state index contributed by atoms with van der Waals surface area (Å²) in [5, 5.41) is 65.3. The zero-order chi connectivity index (χ0) is 56.2. The number of rotatable bonds is 19. The number of hydrazine groups is 1. The van der Waals surface area contributed by atoms with Gasteiger partial charge in [-0.25, -0.2) is 5.43 Å². The Morgan fingerprint density at radius 3 is 2.30 bits per heavy atom. The van der Waals surface area contributed by atoms with Gasteiger partial charge in [-0.3, -0.25) is 29.0 Å². The molecule has 0 aromatic heterocycles. The van der Waals surface area contributed by atoms with Crippen molar-refractivity contribution in [2.45, 2.75) is 200 Å². The molecule has 17 nitrogen and oxygen atoms in total. The topological polar surface area (TPSA) is 264 Å². The first-order valence-corrected chi connectivity index (χ1v) is 27.9. The van der Waals surface area contributed by atoms with Gasteiger partial charge in [-0.05, 0) is 119 Å². The number of ketones is 1. The summed E-state index contributed by atoms with van der Waals surface area (Å²) in [7, 11) is 0. The molecule has 424 valence electrons. The Hall–Kier alpha value is -5.20. The number of nitrogens with one attached hydrogen (secondary N) is 4. The van der Waals surface area contributed by atoms with Crippen LogP contribution in [0.25, 0.3) is 0 Å². The summed E-state index contributed by atoms with van der Waals surface area (Å²) in [6.07, 6.45) is 13.7. The average molecular weight is 1060 g/mol. The zero-order valence-corrected chi connectivity index (χ0v) is 46.5. The number of Topliss-reactive ketones (excluding diaryl/α,β-unsaturated/α-hetero) is 1. The first-order valence-electron chi connectivity index (χ1n) is 27.9. The van der Waals surface area contributed by atoms with Gasteiger partial charge in [0, 0.05) is 49.6 Å². The second-order valence-electron chi connectivity index (χ2n) is 22.3. The maximum atomic E-state index is 14.5. The maximum Gasteiger partial charge on any atom is 0.325 e. The van der Waals surface area contributed by atoms with E-state index in [1.165, 1.54) is 30.1 Å². The van der Waals surface area contributed by atoms with Crippen molar-refractivity contribution >= 4 is 35.4 Å². The van der Waals surface area contributed by atoms with Crippen LogP contribution in [0, 0.1) is 41.4 Å². The second-order valence-corrected chi connectivity index (χ2v) is 22.3. The zero-order valence-electron chi connectivity index (χ0n) is 46.5. The van der Waals surface area contributed by atoms with Crippen molar-refractivity contribution in [3.05, 3.63) is 77.9 Å². The Kier molecular flexibility index (Phi) is 26.1. The Morgan fingerprint density at radius 2 is 1.63 bits per heavy atom. The molecule has 4 amide bonds.